The van der Waals surface area contributed by atoms with E-state index in [1.54, 1.807) is 12.1 Å². The van der Waals surface area contributed by atoms with Crippen molar-refractivity contribution in [1.29, 1.82) is 0 Å². The van der Waals surface area contributed by atoms with Gasteiger partial charge in [0.25, 0.3) is 0 Å². The van der Waals surface area contributed by atoms with Gasteiger partial charge in [0, 0.05) is 0 Å². The van der Waals surface area contributed by atoms with Crippen LogP contribution in [0.1, 0.15) is 0 Å². The average Bonchev–Trinajstić information content (AvgIpc) is 2.88. The van der Waals surface area contributed by atoms with E-state index in [4.69, 9.17) is 9.84 Å². The Bertz CT molecular complexity index is 260. The van der Waals surface area contributed by atoms with E-state index in [1.165, 1.54) is 0 Å². The summed E-state index contributed by atoms with van der Waals surface area (Å²) in [5.74, 6) is -0.648. The average molecular weight is 380 g/mol. The van der Waals surface area contributed by atoms with Gasteiger partial charge in [0.1, 0.15) is 12.4 Å². The number of benzene rings is 1. The number of ether oxygens (including phenoxy) is 1. The van der Waals surface area contributed by atoms with E-state index >= 15 is 0 Å². The number of hydrogen-bond donors (Lipinski definition) is 1. The molecule has 1 aliphatic rings. The van der Waals surface area contributed by atoms with E-state index in [0.29, 0.717) is 5.75 Å². The van der Waals surface area contributed by atoms with E-state index in [9.17, 15) is 0 Å². The first kappa shape index (κ1) is 10.9. The minimum absolute atomic E-state index is 0. The number of hydrogen-bond acceptors (Lipinski definition) is 4. The molecule has 72 valence electrons. The molecule has 1 fully saturated rings. The van der Waals surface area contributed by atoms with Crippen molar-refractivity contribution in [1.82, 2.24) is 0 Å². The molecule has 1 aliphatic heterocycles. The SMILES string of the molecule is OCC1(Oc2ccccc2)OO1.[BiH3]. The second-order valence-electron chi connectivity index (χ2n) is 2.42. The summed E-state index contributed by atoms with van der Waals surface area (Å²) in [6.45, 7) is -0.318. The van der Waals surface area contributed by atoms with Crippen molar-refractivity contribution < 1.29 is 19.6 Å². The summed E-state index contributed by atoms with van der Waals surface area (Å²) in [7, 11) is 0. The summed E-state index contributed by atoms with van der Waals surface area (Å²) in [4.78, 5) is 8.95. The van der Waals surface area contributed by atoms with Gasteiger partial charge in [0.05, 0.1) is 0 Å². The fourth-order valence-electron chi connectivity index (χ4n) is 0.834. The van der Waals surface area contributed by atoms with Gasteiger partial charge in [-0.25, -0.2) is 0 Å². The van der Waals surface area contributed by atoms with Gasteiger partial charge in [-0.05, 0) is 12.1 Å². The Kier molecular flexibility index (Phi) is 3.62. The molecule has 1 N–H and O–H groups in total. The van der Waals surface area contributed by atoms with E-state index in [-0.39, 0.29) is 32.8 Å². The molecule has 1 heterocycles. The Morgan fingerprint density at radius 2 is 1.85 bits per heavy atom. The topological polar surface area (TPSA) is 54.5 Å². The molecule has 1 aromatic carbocycles. The van der Waals surface area contributed by atoms with Crippen LogP contribution in [0.5, 0.6) is 5.75 Å². The van der Waals surface area contributed by atoms with Crippen molar-refractivity contribution in [2.75, 3.05) is 6.61 Å². The van der Waals surface area contributed by atoms with Crippen LogP contribution >= 0.6 is 0 Å². The normalized spacial score (nSPS) is 17.3. The van der Waals surface area contributed by atoms with Crippen LogP contribution in [0.3, 0.4) is 0 Å². The molecular weight excluding hydrogens is 369 g/mol. The van der Waals surface area contributed by atoms with Gasteiger partial charge >= 0.3 is 32.2 Å². The number of para-hydroxylation sites is 1. The monoisotopic (exact) mass is 380 g/mol. The number of aliphatic hydroxyl groups excluding tert-OH is 1. The molecule has 0 amide bonds. The van der Waals surface area contributed by atoms with Crippen molar-refractivity contribution in [3.63, 3.8) is 0 Å². The molecule has 0 aromatic heterocycles. The molecule has 4 nitrogen and oxygen atoms in total. The van der Waals surface area contributed by atoms with Gasteiger partial charge in [0.15, 0.2) is 0 Å². The van der Waals surface area contributed by atoms with Crippen LogP contribution in [0.15, 0.2) is 30.3 Å². The minimum atomic E-state index is -1.25. The van der Waals surface area contributed by atoms with Crippen molar-refractivity contribution in [2.45, 2.75) is 5.97 Å². The first-order chi connectivity index (χ1) is 5.85. The molecular formula is C8H11BiO4. The maximum absolute atomic E-state index is 8.74. The zero-order chi connectivity index (χ0) is 8.44. The first-order valence-electron chi connectivity index (χ1n) is 3.56. The zero-order valence-corrected chi connectivity index (χ0v) is 12.5. The second kappa shape index (κ2) is 4.33. The molecule has 2 rings (SSSR count). The second-order valence-corrected chi connectivity index (χ2v) is 2.42. The fraction of sp³-hybridized carbons (Fsp3) is 0.250. The Morgan fingerprint density at radius 3 is 2.31 bits per heavy atom. The Morgan fingerprint density at radius 1 is 1.23 bits per heavy atom. The Labute approximate surface area is 94.5 Å². The molecule has 0 atom stereocenters. The predicted molar refractivity (Wildman–Crippen MR) is 49.0 cm³/mol. The summed E-state index contributed by atoms with van der Waals surface area (Å²) >= 11 is 0. The maximum atomic E-state index is 8.74. The van der Waals surface area contributed by atoms with Gasteiger partial charge in [-0.15, -0.1) is 9.78 Å². The number of rotatable bonds is 3. The molecule has 0 unspecified atom stereocenters. The van der Waals surface area contributed by atoms with Crippen LogP contribution in [-0.2, 0) is 9.78 Å². The van der Waals surface area contributed by atoms with Crippen LogP contribution in [0.25, 0.3) is 0 Å². The van der Waals surface area contributed by atoms with Crippen LogP contribution in [-0.4, -0.2) is 43.9 Å². The first-order valence-corrected chi connectivity index (χ1v) is 3.56. The molecule has 0 radical (unpaired) electrons. The summed E-state index contributed by atoms with van der Waals surface area (Å²) in [6, 6.07) is 9.02. The van der Waals surface area contributed by atoms with Crippen molar-refractivity contribution in [3.05, 3.63) is 30.3 Å². The molecule has 1 saturated heterocycles. The molecule has 0 spiro atoms. The van der Waals surface area contributed by atoms with Gasteiger partial charge < -0.3 is 9.84 Å². The number of aliphatic hydroxyl groups is 1. The van der Waals surface area contributed by atoms with Crippen LogP contribution in [0.4, 0.5) is 0 Å². The van der Waals surface area contributed by atoms with Crippen molar-refractivity contribution in [2.24, 2.45) is 0 Å². The van der Waals surface area contributed by atoms with Crippen molar-refractivity contribution >= 4 is 26.2 Å². The standard InChI is InChI=1S/C8H8O4.Bi.3H/c9-6-8(11-12-8)10-7-4-2-1-3-5-7;;;;/h1-5,9H,6H2;;;;. The molecule has 13 heavy (non-hydrogen) atoms. The molecule has 5 heteroatoms. The van der Waals surface area contributed by atoms with E-state index < -0.39 is 5.97 Å². The van der Waals surface area contributed by atoms with Crippen LogP contribution in [0.2, 0.25) is 0 Å². The summed E-state index contributed by atoms with van der Waals surface area (Å²) in [6.07, 6.45) is 0. The van der Waals surface area contributed by atoms with E-state index in [1.807, 2.05) is 18.2 Å². The molecule has 0 saturated carbocycles. The Hall–Kier alpha value is -0.217. The predicted octanol–water partition coefficient (Wildman–Crippen LogP) is -0.511. The third kappa shape index (κ3) is 2.61. The van der Waals surface area contributed by atoms with Crippen LogP contribution < -0.4 is 4.74 Å². The third-order valence-electron chi connectivity index (χ3n) is 1.48. The summed E-state index contributed by atoms with van der Waals surface area (Å²) in [5, 5.41) is 8.74. The molecule has 0 aliphatic carbocycles. The van der Waals surface area contributed by atoms with E-state index in [0.717, 1.165) is 0 Å². The van der Waals surface area contributed by atoms with E-state index in [2.05, 4.69) is 9.78 Å². The van der Waals surface area contributed by atoms with Gasteiger partial charge in [-0.1, -0.05) is 18.2 Å². The van der Waals surface area contributed by atoms with Gasteiger partial charge in [-0.2, -0.15) is 0 Å². The molecule has 1 aromatic rings. The van der Waals surface area contributed by atoms with Crippen molar-refractivity contribution in [3.8, 4) is 5.75 Å². The quantitative estimate of drug-likeness (QED) is 0.436. The van der Waals surface area contributed by atoms with Gasteiger partial charge in [-0.3, -0.25) is 0 Å². The third-order valence-corrected chi connectivity index (χ3v) is 1.48. The summed E-state index contributed by atoms with van der Waals surface area (Å²) in [5.41, 5.74) is 0. The van der Waals surface area contributed by atoms with Gasteiger partial charge in [0.2, 0.25) is 0 Å². The Balaban J connectivity index is 0.000000845. The summed E-state index contributed by atoms with van der Waals surface area (Å²) < 4.78 is 5.17. The fourth-order valence-corrected chi connectivity index (χ4v) is 0.834. The zero-order valence-electron chi connectivity index (χ0n) is 6.97. The van der Waals surface area contributed by atoms with Crippen LogP contribution in [0, 0.1) is 0 Å². The molecule has 0 bridgehead atoms.